The highest BCUT2D eigenvalue weighted by Crippen LogP contribution is 2.24. The molecule has 0 aliphatic heterocycles. The summed E-state index contributed by atoms with van der Waals surface area (Å²) in [6, 6.07) is 10.8. The van der Waals surface area contributed by atoms with Gasteiger partial charge in [0.1, 0.15) is 0 Å². The molecule has 116 valence electrons. The molecule has 23 heavy (non-hydrogen) atoms. The molecule has 2 heterocycles. The number of thiazole rings is 1. The van der Waals surface area contributed by atoms with Crippen LogP contribution in [0.4, 0.5) is 9.52 Å². The highest BCUT2D eigenvalue weighted by atomic mass is 32.1. The molecule has 2 aromatic heterocycles. The van der Waals surface area contributed by atoms with Crippen LogP contribution in [0.2, 0.25) is 0 Å². The van der Waals surface area contributed by atoms with Crippen molar-refractivity contribution in [3.8, 4) is 11.3 Å². The van der Waals surface area contributed by atoms with Crippen molar-refractivity contribution in [2.24, 2.45) is 0 Å². The molecule has 0 spiro atoms. The largest absolute Gasteiger partial charge is 0.302 e. The van der Waals surface area contributed by atoms with Gasteiger partial charge in [-0.1, -0.05) is 29.8 Å². The van der Waals surface area contributed by atoms with E-state index in [0.29, 0.717) is 22.8 Å². The summed E-state index contributed by atoms with van der Waals surface area (Å²) in [5.41, 5.74) is 3.32. The molecule has 0 atom stereocenters. The highest BCUT2D eigenvalue weighted by Gasteiger charge is 2.09. The Labute approximate surface area is 137 Å². The number of hydrogen-bond donors (Lipinski definition) is 1. The van der Waals surface area contributed by atoms with Gasteiger partial charge in [0, 0.05) is 23.2 Å². The molecule has 3 aromatic rings. The summed E-state index contributed by atoms with van der Waals surface area (Å²) in [6.07, 6.45) is 1.68. The van der Waals surface area contributed by atoms with Gasteiger partial charge < -0.3 is 5.32 Å². The zero-order valence-corrected chi connectivity index (χ0v) is 13.2. The predicted molar refractivity (Wildman–Crippen MR) is 88.8 cm³/mol. The van der Waals surface area contributed by atoms with Crippen molar-refractivity contribution in [1.82, 2.24) is 9.97 Å². The number of amides is 1. The quantitative estimate of drug-likeness (QED) is 0.741. The maximum Gasteiger partial charge on any atom is 0.230 e. The van der Waals surface area contributed by atoms with Crippen LogP contribution in [-0.4, -0.2) is 15.9 Å². The van der Waals surface area contributed by atoms with Gasteiger partial charge in [0.15, 0.2) is 5.13 Å². The van der Waals surface area contributed by atoms with Crippen LogP contribution >= 0.6 is 11.3 Å². The Morgan fingerprint density at radius 3 is 2.96 bits per heavy atom. The molecule has 0 bridgehead atoms. The molecule has 1 amide bonds. The summed E-state index contributed by atoms with van der Waals surface area (Å²) in [5, 5.41) is 5.04. The normalized spacial score (nSPS) is 10.5. The number of anilines is 1. The molecule has 1 N–H and O–H groups in total. The van der Waals surface area contributed by atoms with Gasteiger partial charge in [-0.2, -0.15) is 4.39 Å². The van der Waals surface area contributed by atoms with Gasteiger partial charge in [-0.25, -0.2) is 9.97 Å². The number of hydrogen-bond acceptors (Lipinski definition) is 4. The predicted octanol–water partition coefficient (Wildman–Crippen LogP) is 3.83. The van der Waals surface area contributed by atoms with Gasteiger partial charge in [-0.05, 0) is 18.6 Å². The number of benzene rings is 1. The second-order valence-electron chi connectivity index (χ2n) is 5.12. The maximum absolute atomic E-state index is 13.1. The summed E-state index contributed by atoms with van der Waals surface area (Å²) < 4.78 is 13.1. The smallest absolute Gasteiger partial charge is 0.230 e. The van der Waals surface area contributed by atoms with Gasteiger partial charge >= 0.3 is 0 Å². The van der Waals surface area contributed by atoms with E-state index < -0.39 is 5.95 Å². The molecule has 0 fully saturated rings. The van der Waals surface area contributed by atoms with Crippen molar-refractivity contribution >= 4 is 22.4 Å². The average molecular weight is 327 g/mol. The van der Waals surface area contributed by atoms with Crippen LogP contribution in [-0.2, 0) is 11.2 Å². The van der Waals surface area contributed by atoms with Gasteiger partial charge in [0.2, 0.25) is 11.9 Å². The molecule has 3 rings (SSSR count). The van der Waals surface area contributed by atoms with E-state index in [4.69, 9.17) is 0 Å². The van der Waals surface area contributed by atoms with Gasteiger partial charge in [0.25, 0.3) is 0 Å². The summed E-state index contributed by atoms with van der Waals surface area (Å²) >= 11 is 1.31. The van der Waals surface area contributed by atoms with Crippen molar-refractivity contribution < 1.29 is 9.18 Å². The second-order valence-corrected chi connectivity index (χ2v) is 5.98. The molecular weight excluding hydrogens is 313 g/mol. The molecule has 0 unspecified atom stereocenters. The average Bonchev–Trinajstić information content (AvgIpc) is 2.95. The van der Waals surface area contributed by atoms with Crippen LogP contribution in [0.25, 0.3) is 11.3 Å². The number of carbonyl (C=O) groups is 1. The van der Waals surface area contributed by atoms with Crippen molar-refractivity contribution in [2.75, 3.05) is 5.32 Å². The van der Waals surface area contributed by atoms with Crippen molar-refractivity contribution in [1.29, 1.82) is 0 Å². The third kappa shape index (κ3) is 3.98. The fourth-order valence-electron chi connectivity index (χ4n) is 2.20. The molecule has 0 aliphatic rings. The lowest BCUT2D eigenvalue weighted by Crippen LogP contribution is -2.14. The van der Waals surface area contributed by atoms with E-state index in [-0.39, 0.29) is 5.91 Å². The van der Waals surface area contributed by atoms with Crippen molar-refractivity contribution in [3.05, 3.63) is 65.0 Å². The number of aromatic nitrogens is 2. The Balaban J connectivity index is 1.68. The van der Waals surface area contributed by atoms with Gasteiger partial charge in [-0.15, -0.1) is 11.3 Å². The Morgan fingerprint density at radius 2 is 2.17 bits per heavy atom. The fraction of sp³-hybridized carbons (Fsp3) is 0.118. The molecule has 0 saturated carbocycles. The molecule has 4 nitrogen and oxygen atoms in total. The van der Waals surface area contributed by atoms with E-state index in [9.17, 15) is 9.18 Å². The van der Waals surface area contributed by atoms with Crippen LogP contribution in [0, 0.1) is 12.9 Å². The first-order chi connectivity index (χ1) is 11.1. The van der Waals surface area contributed by atoms with E-state index in [1.54, 1.807) is 11.4 Å². The number of nitrogens with zero attached hydrogens (tertiary/aromatic N) is 2. The van der Waals surface area contributed by atoms with Crippen LogP contribution in [0.5, 0.6) is 0 Å². The first kappa shape index (κ1) is 15.3. The second kappa shape index (κ2) is 6.66. The lowest BCUT2D eigenvalue weighted by molar-refractivity contribution is -0.115. The van der Waals surface area contributed by atoms with E-state index in [1.807, 2.05) is 31.2 Å². The summed E-state index contributed by atoms with van der Waals surface area (Å²) in [7, 11) is 0. The molecular formula is C17H14FN3OS. The standard InChI is InChI=1S/C17H14FN3OS/c1-11-3-2-4-12(7-11)8-16(22)21-17-20-14(10-23-17)13-5-6-19-15(18)9-13/h2-7,9-10H,8H2,1H3,(H,20,21,22). The fourth-order valence-corrected chi connectivity index (χ4v) is 2.93. The van der Waals surface area contributed by atoms with Gasteiger partial charge in [0.05, 0.1) is 12.1 Å². The van der Waals surface area contributed by atoms with Gasteiger partial charge in [-0.3, -0.25) is 4.79 Å². The number of rotatable bonds is 4. The lowest BCUT2D eigenvalue weighted by Gasteiger charge is -2.03. The number of nitrogens with one attached hydrogen (secondary N) is 1. The molecule has 6 heteroatoms. The molecule has 0 aliphatic carbocycles. The topological polar surface area (TPSA) is 54.9 Å². The molecule has 0 radical (unpaired) electrons. The Hall–Kier alpha value is -2.60. The zero-order valence-electron chi connectivity index (χ0n) is 12.4. The van der Waals surface area contributed by atoms with Crippen LogP contribution in [0.3, 0.4) is 0 Å². The monoisotopic (exact) mass is 327 g/mol. The first-order valence-electron chi connectivity index (χ1n) is 7.03. The third-order valence-electron chi connectivity index (χ3n) is 3.22. The highest BCUT2D eigenvalue weighted by molar-refractivity contribution is 7.14. The SMILES string of the molecule is Cc1cccc(CC(=O)Nc2nc(-c3ccnc(F)c3)cs2)c1. The number of halogens is 1. The maximum atomic E-state index is 13.1. The number of aryl methyl sites for hydroxylation is 1. The van der Waals surface area contributed by atoms with E-state index >= 15 is 0 Å². The van der Waals surface area contributed by atoms with E-state index in [1.165, 1.54) is 23.6 Å². The summed E-state index contributed by atoms with van der Waals surface area (Å²) in [4.78, 5) is 19.9. The zero-order chi connectivity index (χ0) is 16.2. The first-order valence-corrected chi connectivity index (χ1v) is 7.91. The minimum absolute atomic E-state index is 0.127. The number of pyridine rings is 1. The van der Waals surface area contributed by atoms with Crippen LogP contribution in [0.15, 0.2) is 48.0 Å². The minimum Gasteiger partial charge on any atom is -0.302 e. The summed E-state index contributed by atoms with van der Waals surface area (Å²) in [5.74, 6) is -0.682. The molecule has 0 saturated heterocycles. The Bertz CT molecular complexity index is 847. The van der Waals surface area contributed by atoms with Crippen molar-refractivity contribution in [3.63, 3.8) is 0 Å². The Kier molecular flexibility index (Phi) is 4.43. The van der Waals surface area contributed by atoms with E-state index in [2.05, 4.69) is 15.3 Å². The summed E-state index contributed by atoms with van der Waals surface area (Å²) in [6.45, 7) is 1.99. The van der Waals surface area contributed by atoms with E-state index in [0.717, 1.165) is 11.1 Å². The number of carbonyl (C=O) groups excluding carboxylic acids is 1. The molecule has 1 aromatic carbocycles. The lowest BCUT2D eigenvalue weighted by atomic mass is 10.1. The Morgan fingerprint density at radius 1 is 1.30 bits per heavy atom. The third-order valence-corrected chi connectivity index (χ3v) is 3.98. The van der Waals surface area contributed by atoms with Crippen molar-refractivity contribution in [2.45, 2.75) is 13.3 Å². The minimum atomic E-state index is -0.555. The van der Waals surface area contributed by atoms with Crippen LogP contribution in [0.1, 0.15) is 11.1 Å². The van der Waals surface area contributed by atoms with Crippen LogP contribution < -0.4 is 5.32 Å².